The Morgan fingerprint density at radius 2 is 1.81 bits per heavy atom. The second kappa shape index (κ2) is 11.0. The molecule has 184 valence electrons. The molecule has 36 heavy (non-hydrogen) atoms. The first-order chi connectivity index (χ1) is 17.3. The van der Waals surface area contributed by atoms with E-state index in [0.29, 0.717) is 32.8 Å². The van der Waals surface area contributed by atoms with Gasteiger partial charge < -0.3 is 20.1 Å². The number of halogens is 2. The van der Waals surface area contributed by atoms with Gasteiger partial charge in [-0.2, -0.15) is 0 Å². The smallest absolute Gasteiger partial charge is 0.329 e. The number of ether oxygens (including phenoxy) is 2. The van der Waals surface area contributed by atoms with Gasteiger partial charge in [0, 0.05) is 10.2 Å². The zero-order valence-corrected chi connectivity index (χ0v) is 20.7. The fourth-order valence-electron chi connectivity index (χ4n) is 3.44. The molecule has 0 saturated carbocycles. The van der Waals surface area contributed by atoms with E-state index < -0.39 is 17.8 Å². The molecule has 4 rings (SSSR count). The lowest BCUT2D eigenvalue weighted by molar-refractivity contribution is -0.123. The molecule has 0 bridgehead atoms. The number of amides is 4. The van der Waals surface area contributed by atoms with Crippen LogP contribution in [0.5, 0.6) is 11.5 Å². The average molecular weight is 554 g/mol. The van der Waals surface area contributed by atoms with Crippen LogP contribution in [-0.4, -0.2) is 36.5 Å². The Balaban J connectivity index is 1.47. The van der Waals surface area contributed by atoms with Crippen molar-refractivity contribution in [3.63, 3.8) is 0 Å². The summed E-state index contributed by atoms with van der Waals surface area (Å²) in [6.07, 6.45) is 1.50. The summed E-state index contributed by atoms with van der Waals surface area (Å²) in [6, 6.07) is 17.2. The van der Waals surface area contributed by atoms with E-state index in [1.807, 2.05) is 18.2 Å². The van der Waals surface area contributed by atoms with Crippen LogP contribution in [-0.2, 0) is 16.1 Å². The van der Waals surface area contributed by atoms with Crippen molar-refractivity contribution in [3.8, 4) is 11.5 Å². The third-order valence-corrected chi connectivity index (χ3v) is 5.90. The Hall–Kier alpha value is -4.18. The van der Waals surface area contributed by atoms with Gasteiger partial charge >= 0.3 is 6.03 Å². The number of hydrogen-bond donors (Lipinski definition) is 2. The van der Waals surface area contributed by atoms with Crippen LogP contribution < -0.4 is 20.1 Å². The van der Waals surface area contributed by atoms with E-state index in [1.165, 1.54) is 37.5 Å². The molecule has 0 aromatic heterocycles. The molecule has 0 atom stereocenters. The highest BCUT2D eigenvalue weighted by Gasteiger charge is 2.33. The maximum Gasteiger partial charge on any atom is 0.329 e. The summed E-state index contributed by atoms with van der Waals surface area (Å²) in [6.45, 7) is -0.240. The number of carbonyl (C=O) groups is 3. The molecule has 8 nitrogen and oxygen atoms in total. The molecule has 1 saturated heterocycles. The molecule has 3 aromatic carbocycles. The summed E-state index contributed by atoms with van der Waals surface area (Å²) in [7, 11) is 1.45. The van der Waals surface area contributed by atoms with Crippen molar-refractivity contribution >= 4 is 45.5 Å². The zero-order chi connectivity index (χ0) is 25.7. The fourth-order valence-corrected chi connectivity index (χ4v) is 3.88. The zero-order valence-electron chi connectivity index (χ0n) is 19.1. The summed E-state index contributed by atoms with van der Waals surface area (Å²) >= 11 is 3.44. The van der Waals surface area contributed by atoms with Gasteiger partial charge in [0.2, 0.25) is 0 Å². The van der Waals surface area contributed by atoms with Gasteiger partial charge in [-0.3, -0.25) is 14.5 Å². The first-order valence-corrected chi connectivity index (χ1v) is 11.6. The molecule has 0 radical (unpaired) electrons. The van der Waals surface area contributed by atoms with Crippen molar-refractivity contribution in [2.45, 2.75) is 6.54 Å². The van der Waals surface area contributed by atoms with Crippen molar-refractivity contribution in [1.82, 2.24) is 10.2 Å². The normalized spacial score (nSPS) is 14.1. The number of hydrogen-bond acceptors (Lipinski definition) is 5. The minimum Gasteiger partial charge on any atom is -0.493 e. The van der Waals surface area contributed by atoms with Crippen LogP contribution in [0, 0.1) is 5.82 Å². The standard InChI is InChI=1S/C26H21BrFN3O5/c1-35-22-12-17(20(27)13-23(22)36-15-24(32)29-19-5-3-2-4-6-19)11-21-25(33)31(26(34)30-21)14-16-7-9-18(28)10-8-16/h2-13H,14-15H2,1H3,(H,29,32)(H,30,34)/b21-11+. The van der Waals surface area contributed by atoms with Gasteiger partial charge in [-0.1, -0.05) is 46.3 Å². The quantitative estimate of drug-likeness (QED) is 0.311. The van der Waals surface area contributed by atoms with Crippen LogP contribution in [0.15, 0.2) is 76.9 Å². The van der Waals surface area contributed by atoms with Gasteiger partial charge in [0.25, 0.3) is 11.8 Å². The van der Waals surface area contributed by atoms with Crippen LogP contribution >= 0.6 is 15.9 Å². The number of methoxy groups -OCH3 is 1. The highest BCUT2D eigenvalue weighted by Crippen LogP contribution is 2.35. The Kier molecular flexibility index (Phi) is 7.65. The van der Waals surface area contributed by atoms with Crippen LogP contribution in [0.2, 0.25) is 0 Å². The van der Waals surface area contributed by atoms with Crippen LogP contribution in [0.25, 0.3) is 6.08 Å². The molecule has 1 aliphatic heterocycles. The minimum atomic E-state index is -0.581. The number of para-hydroxylation sites is 1. The number of nitrogens with zero attached hydrogens (tertiary/aromatic N) is 1. The second-order valence-corrected chi connectivity index (χ2v) is 8.59. The second-order valence-electron chi connectivity index (χ2n) is 7.73. The topological polar surface area (TPSA) is 97.0 Å². The van der Waals surface area contributed by atoms with E-state index in [9.17, 15) is 18.8 Å². The number of rotatable bonds is 8. The third-order valence-electron chi connectivity index (χ3n) is 5.22. The van der Waals surface area contributed by atoms with E-state index in [2.05, 4.69) is 26.6 Å². The molecule has 4 amide bonds. The number of urea groups is 1. The van der Waals surface area contributed by atoms with Gasteiger partial charge in [0.1, 0.15) is 11.5 Å². The van der Waals surface area contributed by atoms with E-state index in [4.69, 9.17) is 9.47 Å². The first-order valence-electron chi connectivity index (χ1n) is 10.8. The van der Waals surface area contributed by atoms with Crippen LogP contribution in [0.4, 0.5) is 14.9 Å². The molecule has 1 heterocycles. The van der Waals surface area contributed by atoms with Crippen molar-refractivity contribution < 1.29 is 28.2 Å². The molecule has 10 heteroatoms. The van der Waals surface area contributed by atoms with Crippen molar-refractivity contribution in [2.75, 3.05) is 19.0 Å². The number of nitrogens with one attached hydrogen (secondary N) is 2. The predicted octanol–water partition coefficient (Wildman–Crippen LogP) is 4.71. The molecule has 0 aliphatic carbocycles. The largest absolute Gasteiger partial charge is 0.493 e. The highest BCUT2D eigenvalue weighted by molar-refractivity contribution is 9.10. The molecule has 0 spiro atoms. The number of imide groups is 1. The van der Waals surface area contributed by atoms with E-state index in [-0.39, 0.29) is 24.8 Å². The lowest BCUT2D eigenvalue weighted by atomic mass is 10.1. The monoisotopic (exact) mass is 553 g/mol. The van der Waals surface area contributed by atoms with Crippen LogP contribution in [0.1, 0.15) is 11.1 Å². The highest BCUT2D eigenvalue weighted by atomic mass is 79.9. The fraction of sp³-hybridized carbons (Fsp3) is 0.115. The van der Waals surface area contributed by atoms with E-state index in [1.54, 1.807) is 24.3 Å². The molecule has 1 aliphatic rings. The maximum absolute atomic E-state index is 13.2. The Bertz CT molecular complexity index is 1330. The average Bonchev–Trinajstić information content (AvgIpc) is 3.13. The Labute approximate surface area is 214 Å². The predicted molar refractivity (Wildman–Crippen MR) is 135 cm³/mol. The maximum atomic E-state index is 13.2. The summed E-state index contributed by atoms with van der Waals surface area (Å²) < 4.78 is 24.7. The molecular weight excluding hydrogens is 533 g/mol. The van der Waals surface area contributed by atoms with Gasteiger partial charge in [0.15, 0.2) is 18.1 Å². The Morgan fingerprint density at radius 3 is 2.50 bits per heavy atom. The number of benzene rings is 3. The van der Waals surface area contributed by atoms with Gasteiger partial charge in [-0.25, -0.2) is 9.18 Å². The summed E-state index contributed by atoms with van der Waals surface area (Å²) in [5, 5.41) is 5.29. The number of anilines is 1. The Morgan fingerprint density at radius 1 is 1.08 bits per heavy atom. The summed E-state index contributed by atoms with van der Waals surface area (Å²) in [4.78, 5) is 38.5. The molecule has 1 fully saturated rings. The number of carbonyl (C=O) groups excluding carboxylic acids is 3. The lowest BCUT2D eigenvalue weighted by Gasteiger charge is -2.13. The van der Waals surface area contributed by atoms with Crippen molar-refractivity contribution in [3.05, 3.63) is 93.8 Å². The van der Waals surface area contributed by atoms with Crippen molar-refractivity contribution in [2.24, 2.45) is 0 Å². The first kappa shape index (κ1) is 24.9. The third kappa shape index (κ3) is 5.89. The molecule has 0 unspecified atom stereocenters. The van der Waals surface area contributed by atoms with Crippen LogP contribution in [0.3, 0.4) is 0 Å². The van der Waals surface area contributed by atoms with Gasteiger partial charge in [-0.15, -0.1) is 0 Å². The molecule has 3 aromatic rings. The van der Waals surface area contributed by atoms with E-state index >= 15 is 0 Å². The lowest BCUT2D eigenvalue weighted by Crippen LogP contribution is -2.30. The minimum absolute atomic E-state index is 0.00456. The summed E-state index contributed by atoms with van der Waals surface area (Å²) in [5.41, 5.74) is 1.88. The molecule has 2 N–H and O–H groups in total. The summed E-state index contributed by atoms with van der Waals surface area (Å²) in [5.74, 6) is -0.620. The van der Waals surface area contributed by atoms with Gasteiger partial charge in [0.05, 0.1) is 13.7 Å². The van der Waals surface area contributed by atoms with Crippen molar-refractivity contribution in [1.29, 1.82) is 0 Å². The van der Waals surface area contributed by atoms with Gasteiger partial charge in [-0.05, 0) is 53.6 Å². The van der Waals surface area contributed by atoms with E-state index in [0.717, 1.165) is 4.90 Å². The SMILES string of the molecule is COc1cc(/C=C2/NC(=O)N(Cc3ccc(F)cc3)C2=O)c(Br)cc1OCC(=O)Nc1ccccc1. The molecular formula is C26H21BrFN3O5.